The van der Waals surface area contributed by atoms with Gasteiger partial charge >= 0.3 is 0 Å². The quantitative estimate of drug-likeness (QED) is 0.843. The van der Waals surface area contributed by atoms with Crippen molar-refractivity contribution in [3.63, 3.8) is 0 Å². The molecule has 1 atom stereocenters. The summed E-state index contributed by atoms with van der Waals surface area (Å²) in [5, 5.41) is 9.15. The summed E-state index contributed by atoms with van der Waals surface area (Å²) in [6.07, 6.45) is 3.81. The first kappa shape index (κ1) is 12.4. The zero-order valence-electron chi connectivity index (χ0n) is 10.1. The van der Waals surface area contributed by atoms with Gasteiger partial charge in [0, 0.05) is 17.6 Å². The molecule has 2 rings (SSSR count). The van der Waals surface area contributed by atoms with Crippen molar-refractivity contribution in [1.29, 1.82) is 5.26 Å². The Hall–Kier alpha value is -1.01. The molecule has 0 amide bonds. The van der Waals surface area contributed by atoms with Gasteiger partial charge in [-0.05, 0) is 37.0 Å². The average Bonchev–Trinajstić information content (AvgIpc) is 2.78. The Bertz CT molecular complexity index is 436. The Labute approximate surface area is 111 Å². The molecule has 0 radical (unpaired) electrons. The van der Waals surface area contributed by atoms with Gasteiger partial charge in [0.25, 0.3) is 0 Å². The van der Waals surface area contributed by atoms with E-state index in [4.69, 9.17) is 5.26 Å². The van der Waals surface area contributed by atoms with Gasteiger partial charge in [-0.15, -0.1) is 0 Å². The molecule has 2 nitrogen and oxygen atoms in total. The summed E-state index contributed by atoms with van der Waals surface area (Å²) in [5.41, 5.74) is 1.87. The van der Waals surface area contributed by atoms with Crippen LogP contribution in [0.2, 0.25) is 0 Å². The largest absolute Gasteiger partial charge is 0.370 e. The summed E-state index contributed by atoms with van der Waals surface area (Å²) in [7, 11) is 0. The summed E-state index contributed by atoms with van der Waals surface area (Å²) in [4.78, 5) is 2.35. The molecule has 1 aromatic rings. The second-order valence-corrected chi connectivity index (χ2v) is 5.58. The second kappa shape index (κ2) is 5.55. The third-order valence-corrected chi connectivity index (χ3v) is 3.90. The van der Waals surface area contributed by atoms with Gasteiger partial charge in [-0.2, -0.15) is 5.26 Å². The first-order chi connectivity index (χ1) is 8.24. The first-order valence-electron chi connectivity index (χ1n) is 6.19. The summed E-state index contributed by atoms with van der Waals surface area (Å²) in [6, 6.07) is 8.17. The molecule has 1 heterocycles. The van der Waals surface area contributed by atoms with Gasteiger partial charge < -0.3 is 4.90 Å². The highest BCUT2D eigenvalue weighted by atomic mass is 79.9. The molecule has 1 saturated heterocycles. The van der Waals surface area contributed by atoms with E-state index in [1.165, 1.54) is 19.3 Å². The zero-order chi connectivity index (χ0) is 12.3. The Morgan fingerprint density at radius 2 is 2.35 bits per heavy atom. The molecule has 0 aliphatic carbocycles. The van der Waals surface area contributed by atoms with E-state index in [1.807, 2.05) is 12.1 Å². The zero-order valence-corrected chi connectivity index (χ0v) is 11.7. The molecule has 0 aromatic heterocycles. The maximum absolute atomic E-state index is 9.15. The van der Waals surface area contributed by atoms with Crippen molar-refractivity contribution < 1.29 is 0 Å². The molecule has 1 unspecified atom stereocenters. The van der Waals surface area contributed by atoms with Crippen LogP contribution in [0.3, 0.4) is 0 Å². The van der Waals surface area contributed by atoms with E-state index >= 15 is 0 Å². The summed E-state index contributed by atoms with van der Waals surface area (Å²) in [6.45, 7) is 4.41. The third-order valence-electron chi connectivity index (χ3n) is 3.40. The van der Waals surface area contributed by atoms with Crippen molar-refractivity contribution in [3.05, 3.63) is 28.2 Å². The van der Waals surface area contributed by atoms with Crippen molar-refractivity contribution in [3.8, 4) is 6.07 Å². The van der Waals surface area contributed by atoms with Crippen molar-refractivity contribution in [2.75, 3.05) is 18.0 Å². The van der Waals surface area contributed by atoms with E-state index in [9.17, 15) is 0 Å². The lowest BCUT2D eigenvalue weighted by Gasteiger charge is -2.20. The van der Waals surface area contributed by atoms with E-state index in [1.54, 1.807) is 0 Å². The Kier molecular flexibility index (Phi) is 4.06. The maximum atomic E-state index is 9.15. The summed E-state index contributed by atoms with van der Waals surface area (Å²) < 4.78 is 1.05. The monoisotopic (exact) mass is 292 g/mol. The highest BCUT2D eigenvalue weighted by Crippen LogP contribution is 2.30. The molecule has 90 valence electrons. The molecule has 1 aromatic carbocycles. The Morgan fingerprint density at radius 1 is 1.53 bits per heavy atom. The fourth-order valence-electron chi connectivity index (χ4n) is 2.56. The Balaban J connectivity index is 2.18. The van der Waals surface area contributed by atoms with Crippen LogP contribution >= 0.6 is 15.9 Å². The van der Waals surface area contributed by atoms with Crippen LogP contribution in [0.5, 0.6) is 0 Å². The van der Waals surface area contributed by atoms with Gasteiger partial charge in [-0.3, -0.25) is 0 Å². The van der Waals surface area contributed by atoms with Gasteiger partial charge in [0.05, 0.1) is 11.3 Å². The minimum atomic E-state index is 0.783. The lowest BCUT2D eigenvalue weighted by molar-refractivity contribution is 0.530. The van der Waals surface area contributed by atoms with E-state index < -0.39 is 0 Å². The normalized spacial score (nSPS) is 19.4. The van der Waals surface area contributed by atoms with E-state index in [0.29, 0.717) is 0 Å². The molecule has 1 aliphatic heterocycles. The standard InChI is InChI=1S/C14H17BrN2/c1-2-3-11-6-7-17(10-11)14-8-13(15)5-4-12(14)9-16/h4-5,8,11H,2-3,6-7,10H2,1H3. The van der Waals surface area contributed by atoms with E-state index in [2.05, 4.69) is 39.9 Å². The number of anilines is 1. The van der Waals surface area contributed by atoms with Crippen molar-refractivity contribution in [2.45, 2.75) is 26.2 Å². The first-order valence-corrected chi connectivity index (χ1v) is 6.98. The van der Waals surface area contributed by atoms with E-state index in [0.717, 1.165) is 34.7 Å². The van der Waals surface area contributed by atoms with Crippen LogP contribution in [0, 0.1) is 17.2 Å². The molecule has 1 fully saturated rings. The van der Waals surface area contributed by atoms with Crippen LogP contribution < -0.4 is 4.90 Å². The highest BCUT2D eigenvalue weighted by molar-refractivity contribution is 9.10. The van der Waals surface area contributed by atoms with Crippen LogP contribution in [-0.4, -0.2) is 13.1 Å². The fourth-order valence-corrected chi connectivity index (χ4v) is 2.91. The summed E-state index contributed by atoms with van der Waals surface area (Å²) >= 11 is 3.48. The topological polar surface area (TPSA) is 27.0 Å². The van der Waals surface area contributed by atoms with Gasteiger partial charge in [0.1, 0.15) is 6.07 Å². The number of rotatable bonds is 3. The van der Waals surface area contributed by atoms with Crippen LogP contribution in [0.25, 0.3) is 0 Å². The number of nitriles is 1. The fraction of sp³-hybridized carbons (Fsp3) is 0.500. The van der Waals surface area contributed by atoms with Crippen molar-refractivity contribution in [1.82, 2.24) is 0 Å². The highest BCUT2D eigenvalue weighted by Gasteiger charge is 2.23. The predicted molar refractivity (Wildman–Crippen MR) is 74.1 cm³/mol. The molecule has 1 aliphatic rings. The smallest absolute Gasteiger partial charge is 0.101 e. The molecule has 17 heavy (non-hydrogen) atoms. The predicted octanol–water partition coefficient (Wildman–Crippen LogP) is 3.95. The lowest BCUT2D eigenvalue weighted by atomic mass is 10.0. The van der Waals surface area contributed by atoms with E-state index in [-0.39, 0.29) is 0 Å². The molecule has 0 saturated carbocycles. The number of nitrogens with zero attached hydrogens (tertiary/aromatic N) is 2. The van der Waals surface area contributed by atoms with Gasteiger partial charge in [-0.25, -0.2) is 0 Å². The molecule has 3 heteroatoms. The van der Waals surface area contributed by atoms with Crippen LogP contribution in [0.1, 0.15) is 31.7 Å². The second-order valence-electron chi connectivity index (χ2n) is 4.66. The molecular weight excluding hydrogens is 276 g/mol. The molecular formula is C14H17BrN2. The Morgan fingerprint density at radius 3 is 3.06 bits per heavy atom. The summed E-state index contributed by atoms with van der Waals surface area (Å²) in [5.74, 6) is 0.797. The van der Waals surface area contributed by atoms with Crippen molar-refractivity contribution in [2.24, 2.45) is 5.92 Å². The minimum absolute atomic E-state index is 0.783. The SMILES string of the molecule is CCCC1CCN(c2cc(Br)ccc2C#N)C1. The number of hydrogen-bond donors (Lipinski definition) is 0. The number of benzene rings is 1. The minimum Gasteiger partial charge on any atom is -0.370 e. The van der Waals surface area contributed by atoms with Crippen LogP contribution in [-0.2, 0) is 0 Å². The maximum Gasteiger partial charge on any atom is 0.101 e. The van der Waals surface area contributed by atoms with Gasteiger partial charge in [-0.1, -0.05) is 29.3 Å². The third kappa shape index (κ3) is 2.81. The molecule has 0 N–H and O–H groups in total. The van der Waals surface area contributed by atoms with Crippen LogP contribution in [0.4, 0.5) is 5.69 Å². The number of hydrogen-bond acceptors (Lipinski definition) is 2. The molecule has 0 spiro atoms. The van der Waals surface area contributed by atoms with Crippen molar-refractivity contribution >= 4 is 21.6 Å². The lowest BCUT2D eigenvalue weighted by Crippen LogP contribution is -2.20. The van der Waals surface area contributed by atoms with Crippen LogP contribution in [0.15, 0.2) is 22.7 Å². The van der Waals surface area contributed by atoms with Gasteiger partial charge in [0.15, 0.2) is 0 Å². The number of halogens is 1. The molecule has 0 bridgehead atoms. The van der Waals surface area contributed by atoms with Gasteiger partial charge in [0.2, 0.25) is 0 Å². The average molecular weight is 293 g/mol.